The summed E-state index contributed by atoms with van der Waals surface area (Å²) in [5, 5.41) is 10.5. The van der Waals surface area contributed by atoms with E-state index in [0.29, 0.717) is 5.56 Å². The average Bonchev–Trinajstić information content (AvgIpc) is 3.01. The molecule has 1 unspecified atom stereocenters. The molecule has 1 saturated heterocycles. The smallest absolute Gasteiger partial charge is 0.248 e. The zero-order valence-corrected chi connectivity index (χ0v) is 13.9. The lowest BCUT2D eigenvalue weighted by molar-refractivity contribution is 0.0492. The number of aliphatic hydroxyl groups is 1. The number of benzene rings is 1. The first-order valence-corrected chi connectivity index (χ1v) is 8.31. The molecule has 2 aromatic rings. The molecule has 1 aromatic carbocycles. The van der Waals surface area contributed by atoms with E-state index in [1.54, 1.807) is 18.3 Å². The molecule has 2 heterocycles. The second-order valence-corrected chi connectivity index (χ2v) is 6.52. The molecule has 24 heavy (non-hydrogen) atoms. The summed E-state index contributed by atoms with van der Waals surface area (Å²) in [6.07, 6.45) is 5.00. The van der Waals surface area contributed by atoms with Crippen LogP contribution in [0.4, 0.5) is 0 Å². The van der Waals surface area contributed by atoms with Crippen molar-refractivity contribution in [3.8, 4) is 0 Å². The van der Waals surface area contributed by atoms with Gasteiger partial charge in [0.15, 0.2) is 0 Å². The lowest BCUT2D eigenvalue weighted by Crippen LogP contribution is -2.35. The highest BCUT2D eigenvalue weighted by Crippen LogP contribution is 2.30. The number of nitrogens with two attached hydrogens (primary N) is 1. The Bertz CT molecular complexity index is 687. The van der Waals surface area contributed by atoms with Crippen molar-refractivity contribution in [1.29, 1.82) is 0 Å². The third-order valence-electron chi connectivity index (χ3n) is 4.85. The van der Waals surface area contributed by atoms with Gasteiger partial charge in [-0.05, 0) is 49.5 Å². The third-order valence-corrected chi connectivity index (χ3v) is 4.85. The SMILES string of the molecule is Cn1ccnc1C(O)C1CCN(Cc2ccc(C(N)=O)cc2)CC1. The Balaban J connectivity index is 1.53. The van der Waals surface area contributed by atoms with Crippen LogP contribution >= 0.6 is 0 Å². The monoisotopic (exact) mass is 328 g/mol. The summed E-state index contributed by atoms with van der Waals surface area (Å²) in [6, 6.07) is 7.45. The van der Waals surface area contributed by atoms with Crippen molar-refractivity contribution < 1.29 is 9.90 Å². The van der Waals surface area contributed by atoms with Crippen molar-refractivity contribution in [2.24, 2.45) is 18.7 Å². The van der Waals surface area contributed by atoms with Crippen LogP contribution in [-0.4, -0.2) is 38.6 Å². The molecule has 128 valence electrons. The van der Waals surface area contributed by atoms with Crippen molar-refractivity contribution in [3.63, 3.8) is 0 Å². The third kappa shape index (κ3) is 3.66. The van der Waals surface area contributed by atoms with E-state index in [2.05, 4.69) is 9.88 Å². The van der Waals surface area contributed by atoms with Crippen LogP contribution in [-0.2, 0) is 13.6 Å². The molecule has 0 saturated carbocycles. The van der Waals surface area contributed by atoms with Crippen molar-refractivity contribution in [2.45, 2.75) is 25.5 Å². The van der Waals surface area contributed by atoms with E-state index < -0.39 is 12.0 Å². The summed E-state index contributed by atoms with van der Waals surface area (Å²) in [6.45, 7) is 2.75. The fourth-order valence-corrected chi connectivity index (χ4v) is 3.33. The molecule has 1 aliphatic rings. The molecular formula is C18H24N4O2. The number of primary amides is 1. The highest BCUT2D eigenvalue weighted by Gasteiger charge is 2.28. The topological polar surface area (TPSA) is 84.4 Å². The molecule has 1 amide bonds. The number of amides is 1. The Kier molecular flexibility index (Phi) is 4.97. The van der Waals surface area contributed by atoms with Crippen molar-refractivity contribution >= 4 is 5.91 Å². The van der Waals surface area contributed by atoms with Gasteiger partial charge < -0.3 is 15.4 Å². The minimum absolute atomic E-state index is 0.250. The zero-order valence-electron chi connectivity index (χ0n) is 13.9. The molecule has 6 heteroatoms. The highest BCUT2D eigenvalue weighted by atomic mass is 16.3. The molecule has 0 aliphatic carbocycles. The Labute approximate surface area is 141 Å². The number of aryl methyl sites for hydroxylation is 1. The zero-order chi connectivity index (χ0) is 17.1. The summed E-state index contributed by atoms with van der Waals surface area (Å²) in [5.41, 5.74) is 6.97. The fourth-order valence-electron chi connectivity index (χ4n) is 3.33. The summed E-state index contributed by atoms with van der Waals surface area (Å²) in [7, 11) is 1.91. The Morgan fingerprint density at radius 3 is 2.54 bits per heavy atom. The number of likely N-dealkylation sites (tertiary alicyclic amines) is 1. The number of hydrogen-bond donors (Lipinski definition) is 2. The van der Waals surface area contributed by atoms with Crippen LogP contribution in [0.5, 0.6) is 0 Å². The van der Waals surface area contributed by atoms with E-state index in [1.807, 2.05) is 29.9 Å². The molecule has 1 aliphatic heterocycles. The summed E-state index contributed by atoms with van der Waals surface area (Å²) < 4.78 is 1.89. The number of imidazole rings is 1. The van der Waals surface area contributed by atoms with Crippen LogP contribution in [0.2, 0.25) is 0 Å². The van der Waals surface area contributed by atoms with Gasteiger partial charge in [-0.2, -0.15) is 0 Å². The Morgan fingerprint density at radius 1 is 1.33 bits per heavy atom. The van der Waals surface area contributed by atoms with Crippen LogP contribution in [0, 0.1) is 5.92 Å². The number of aliphatic hydroxyl groups excluding tert-OH is 1. The van der Waals surface area contributed by atoms with Gasteiger partial charge in [0.25, 0.3) is 0 Å². The van der Waals surface area contributed by atoms with Gasteiger partial charge in [0.2, 0.25) is 5.91 Å². The fraction of sp³-hybridized carbons (Fsp3) is 0.444. The molecular weight excluding hydrogens is 304 g/mol. The maximum atomic E-state index is 11.1. The Morgan fingerprint density at radius 2 is 2.00 bits per heavy atom. The van der Waals surface area contributed by atoms with Gasteiger partial charge in [-0.3, -0.25) is 9.69 Å². The summed E-state index contributed by atoms with van der Waals surface area (Å²) in [4.78, 5) is 17.7. The lowest BCUT2D eigenvalue weighted by Gasteiger charge is -2.34. The minimum atomic E-state index is -0.498. The van der Waals surface area contributed by atoms with Crippen molar-refractivity contribution in [1.82, 2.24) is 14.5 Å². The highest BCUT2D eigenvalue weighted by molar-refractivity contribution is 5.92. The van der Waals surface area contributed by atoms with Crippen molar-refractivity contribution in [3.05, 3.63) is 53.6 Å². The molecule has 3 rings (SSSR count). The number of carbonyl (C=O) groups is 1. The average molecular weight is 328 g/mol. The van der Waals surface area contributed by atoms with Gasteiger partial charge >= 0.3 is 0 Å². The Hall–Kier alpha value is -2.18. The summed E-state index contributed by atoms with van der Waals surface area (Å²) >= 11 is 0. The van der Waals surface area contributed by atoms with Gasteiger partial charge in [-0.1, -0.05) is 12.1 Å². The van der Waals surface area contributed by atoms with Gasteiger partial charge in [-0.15, -0.1) is 0 Å². The minimum Gasteiger partial charge on any atom is -0.385 e. The standard InChI is InChI=1S/C18H24N4O2/c1-21-11-8-20-18(21)16(23)14-6-9-22(10-7-14)12-13-2-4-15(5-3-13)17(19)24/h2-5,8,11,14,16,23H,6-7,9-10,12H2,1H3,(H2,19,24). The van der Waals surface area contributed by atoms with E-state index in [1.165, 1.54) is 5.56 Å². The van der Waals surface area contributed by atoms with E-state index in [9.17, 15) is 9.90 Å². The molecule has 1 atom stereocenters. The number of carbonyl (C=O) groups excluding carboxylic acids is 1. The molecule has 1 fully saturated rings. The first-order valence-electron chi connectivity index (χ1n) is 8.31. The van der Waals surface area contributed by atoms with E-state index >= 15 is 0 Å². The maximum absolute atomic E-state index is 11.1. The maximum Gasteiger partial charge on any atom is 0.248 e. The number of rotatable bonds is 5. The van der Waals surface area contributed by atoms with Crippen LogP contribution < -0.4 is 5.73 Å². The number of hydrogen-bond acceptors (Lipinski definition) is 4. The predicted molar refractivity (Wildman–Crippen MR) is 91.1 cm³/mol. The van der Waals surface area contributed by atoms with Crippen LogP contribution in [0.25, 0.3) is 0 Å². The molecule has 0 bridgehead atoms. The predicted octanol–water partition coefficient (Wildman–Crippen LogP) is 1.46. The normalized spacial score (nSPS) is 17.8. The lowest BCUT2D eigenvalue weighted by atomic mass is 9.90. The van der Waals surface area contributed by atoms with Gasteiger partial charge in [-0.25, -0.2) is 4.98 Å². The van der Waals surface area contributed by atoms with Crippen LogP contribution in [0.1, 0.15) is 40.7 Å². The molecule has 0 spiro atoms. The molecule has 1 aromatic heterocycles. The summed E-state index contributed by atoms with van der Waals surface area (Å²) in [5.74, 6) is 0.598. The number of piperidine rings is 1. The van der Waals surface area contributed by atoms with E-state index in [4.69, 9.17) is 5.73 Å². The van der Waals surface area contributed by atoms with Crippen LogP contribution in [0.15, 0.2) is 36.7 Å². The number of nitrogens with zero attached hydrogens (tertiary/aromatic N) is 3. The van der Waals surface area contributed by atoms with Crippen molar-refractivity contribution in [2.75, 3.05) is 13.1 Å². The molecule has 3 N–H and O–H groups in total. The molecule has 0 radical (unpaired) electrons. The largest absolute Gasteiger partial charge is 0.385 e. The van der Waals surface area contributed by atoms with Gasteiger partial charge in [0.05, 0.1) is 0 Å². The first kappa shape index (κ1) is 16.7. The van der Waals surface area contributed by atoms with E-state index in [0.717, 1.165) is 38.3 Å². The van der Waals surface area contributed by atoms with E-state index in [-0.39, 0.29) is 5.92 Å². The van der Waals surface area contributed by atoms with Crippen LogP contribution in [0.3, 0.4) is 0 Å². The van der Waals surface area contributed by atoms with Gasteiger partial charge in [0.1, 0.15) is 11.9 Å². The van der Waals surface area contributed by atoms with Gasteiger partial charge in [0, 0.05) is 31.5 Å². The second-order valence-electron chi connectivity index (χ2n) is 6.52. The second kappa shape index (κ2) is 7.15. The molecule has 6 nitrogen and oxygen atoms in total. The first-order chi connectivity index (χ1) is 11.5. The quantitative estimate of drug-likeness (QED) is 0.870. The number of aromatic nitrogens is 2.